The van der Waals surface area contributed by atoms with E-state index in [4.69, 9.17) is 0 Å². The third-order valence-corrected chi connectivity index (χ3v) is 5.40. The number of anilines is 1. The number of aryl methyl sites for hydroxylation is 1. The molecule has 0 aliphatic rings. The summed E-state index contributed by atoms with van der Waals surface area (Å²) in [5.41, 5.74) is 2.30. The topological polar surface area (TPSA) is 88.9 Å². The predicted octanol–water partition coefficient (Wildman–Crippen LogP) is 3.35. The van der Waals surface area contributed by atoms with Crippen LogP contribution in [0.2, 0.25) is 0 Å². The molecule has 29 heavy (non-hydrogen) atoms. The standard InChI is InChI=1S/C21H23N5O2S/c1-14-9-7-8-12-17(14)20(28)22-15(2)19-24-25-21(26(19)3)29-13-18(27)23-16-10-5-4-6-11-16/h4-12,15H,13H2,1-3H3,(H,22,28)(H,23,27)/t15-/m0/s1. The fourth-order valence-corrected chi connectivity index (χ4v) is 3.56. The van der Waals surface area contributed by atoms with Crippen molar-refractivity contribution in [3.05, 3.63) is 71.5 Å². The third kappa shape index (κ3) is 5.23. The first-order chi connectivity index (χ1) is 14.0. The van der Waals surface area contributed by atoms with Crippen molar-refractivity contribution in [1.29, 1.82) is 0 Å². The summed E-state index contributed by atoms with van der Waals surface area (Å²) in [6.07, 6.45) is 0. The number of thioether (sulfide) groups is 1. The second-order valence-electron chi connectivity index (χ2n) is 6.61. The molecular weight excluding hydrogens is 386 g/mol. The average Bonchev–Trinajstić information content (AvgIpc) is 3.08. The van der Waals surface area contributed by atoms with E-state index in [0.717, 1.165) is 11.3 Å². The summed E-state index contributed by atoms with van der Waals surface area (Å²) in [6, 6.07) is 16.4. The Labute approximate surface area is 173 Å². The van der Waals surface area contributed by atoms with E-state index in [2.05, 4.69) is 20.8 Å². The van der Waals surface area contributed by atoms with E-state index in [1.165, 1.54) is 11.8 Å². The van der Waals surface area contributed by atoms with Crippen molar-refractivity contribution in [2.75, 3.05) is 11.1 Å². The summed E-state index contributed by atoms with van der Waals surface area (Å²) >= 11 is 1.29. The van der Waals surface area contributed by atoms with Gasteiger partial charge in [0.25, 0.3) is 5.91 Å². The Morgan fingerprint density at radius 1 is 1.07 bits per heavy atom. The molecule has 0 aliphatic heterocycles. The van der Waals surface area contributed by atoms with Gasteiger partial charge in [-0.25, -0.2) is 0 Å². The van der Waals surface area contributed by atoms with E-state index in [0.29, 0.717) is 16.5 Å². The number of nitrogens with zero attached hydrogens (tertiary/aromatic N) is 3. The highest BCUT2D eigenvalue weighted by Crippen LogP contribution is 2.20. The van der Waals surface area contributed by atoms with Crippen LogP contribution in [0.15, 0.2) is 59.8 Å². The monoisotopic (exact) mass is 409 g/mol. The highest BCUT2D eigenvalue weighted by atomic mass is 32.2. The molecule has 8 heteroatoms. The lowest BCUT2D eigenvalue weighted by atomic mass is 10.1. The first-order valence-electron chi connectivity index (χ1n) is 9.19. The molecule has 0 radical (unpaired) electrons. The lowest BCUT2D eigenvalue weighted by Gasteiger charge is -2.14. The first kappa shape index (κ1) is 20.6. The second kappa shape index (κ2) is 9.38. The minimum Gasteiger partial charge on any atom is -0.342 e. The van der Waals surface area contributed by atoms with Gasteiger partial charge in [-0.05, 0) is 37.6 Å². The SMILES string of the molecule is Cc1ccccc1C(=O)N[C@@H](C)c1nnc(SCC(=O)Nc2ccccc2)n1C. The molecule has 0 saturated carbocycles. The van der Waals surface area contributed by atoms with Gasteiger partial charge in [0.1, 0.15) is 0 Å². The number of carbonyl (C=O) groups is 2. The van der Waals surface area contributed by atoms with Crippen LogP contribution in [0.1, 0.15) is 34.7 Å². The molecule has 0 fully saturated rings. The van der Waals surface area contributed by atoms with Crippen LogP contribution < -0.4 is 10.6 Å². The van der Waals surface area contributed by atoms with E-state index in [1.807, 2.05) is 69.4 Å². The number of rotatable bonds is 7. The summed E-state index contributed by atoms with van der Waals surface area (Å²) < 4.78 is 1.79. The maximum Gasteiger partial charge on any atom is 0.252 e. The van der Waals surface area contributed by atoms with Crippen molar-refractivity contribution in [2.45, 2.75) is 25.0 Å². The molecule has 1 atom stereocenters. The van der Waals surface area contributed by atoms with Gasteiger partial charge >= 0.3 is 0 Å². The lowest BCUT2D eigenvalue weighted by molar-refractivity contribution is -0.113. The van der Waals surface area contributed by atoms with Crippen LogP contribution >= 0.6 is 11.8 Å². The smallest absolute Gasteiger partial charge is 0.252 e. The van der Waals surface area contributed by atoms with Crippen LogP contribution in [0.3, 0.4) is 0 Å². The van der Waals surface area contributed by atoms with E-state index in [9.17, 15) is 9.59 Å². The molecule has 2 N–H and O–H groups in total. The van der Waals surface area contributed by atoms with Gasteiger partial charge in [0, 0.05) is 18.3 Å². The molecule has 7 nitrogen and oxygen atoms in total. The van der Waals surface area contributed by atoms with Crippen molar-refractivity contribution in [1.82, 2.24) is 20.1 Å². The Kier molecular flexibility index (Phi) is 6.66. The number of carbonyl (C=O) groups excluding carboxylic acids is 2. The number of hydrogen-bond donors (Lipinski definition) is 2. The van der Waals surface area contributed by atoms with Crippen molar-refractivity contribution in [3.8, 4) is 0 Å². The maximum atomic E-state index is 12.5. The van der Waals surface area contributed by atoms with Crippen LogP contribution in [0.4, 0.5) is 5.69 Å². The van der Waals surface area contributed by atoms with Crippen molar-refractivity contribution >= 4 is 29.3 Å². The number of nitrogens with one attached hydrogen (secondary N) is 2. The third-order valence-electron chi connectivity index (χ3n) is 4.38. The Morgan fingerprint density at radius 2 is 1.76 bits per heavy atom. The molecule has 1 heterocycles. The van der Waals surface area contributed by atoms with E-state index in [-0.39, 0.29) is 23.6 Å². The molecule has 2 aromatic carbocycles. The molecule has 3 rings (SSSR count). The van der Waals surface area contributed by atoms with Crippen molar-refractivity contribution in [2.24, 2.45) is 7.05 Å². The minimum atomic E-state index is -0.327. The number of amides is 2. The van der Waals surface area contributed by atoms with Crippen LogP contribution in [-0.4, -0.2) is 32.3 Å². The largest absolute Gasteiger partial charge is 0.342 e. The zero-order chi connectivity index (χ0) is 20.8. The fraction of sp³-hybridized carbons (Fsp3) is 0.238. The van der Waals surface area contributed by atoms with Crippen LogP contribution in [0.5, 0.6) is 0 Å². The zero-order valence-corrected chi connectivity index (χ0v) is 17.4. The molecule has 2 amide bonds. The second-order valence-corrected chi connectivity index (χ2v) is 7.56. The number of hydrogen-bond acceptors (Lipinski definition) is 5. The molecule has 0 saturated heterocycles. The van der Waals surface area contributed by atoms with E-state index in [1.54, 1.807) is 10.6 Å². The molecule has 0 bridgehead atoms. The maximum absolute atomic E-state index is 12.5. The van der Waals surface area contributed by atoms with Crippen LogP contribution in [0, 0.1) is 6.92 Å². The number of benzene rings is 2. The minimum absolute atomic E-state index is 0.119. The molecular formula is C21H23N5O2S. The van der Waals surface area contributed by atoms with Gasteiger partial charge in [-0.1, -0.05) is 48.2 Å². The Morgan fingerprint density at radius 3 is 2.48 bits per heavy atom. The zero-order valence-electron chi connectivity index (χ0n) is 16.5. The molecule has 150 valence electrons. The normalized spacial score (nSPS) is 11.7. The Balaban J connectivity index is 1.59. The van der Waals surface area contributed by atoms with Gasteiger partial charge in [-0.15, -0.1) is 10.2 Å². The molecule has 0 unspecified atom stereocenters. The summed E-state index contributed by atoms with van der Waals surface area (Å²) in [6.45, 7) is 3.76. The van der Waals surface area contributed by atoms with Gasteiger partial charge in [-0.2, -0.15) is 0 Å². The number of para-hydroxylation sites is 1. The first-order valence-corrected chi connectivity index (χ1v) is 10.2. The van der Waals surface area contributed by atoms with Gasteiger partial charge in [0.2, 0.25) is 5.91 Å². The van der Waals surface area contributed by atoms with Crippen molar-refractivity contribution in [3.63, 3.8) is 0 Å². The quantitative estimate of drug-likeness (QED) is 0.584. The molecule has 1 aromatic heterocycles. The Bertz CT molecular complexity index is 1000. The van der Waals surface area contributed by atoms with Crippen LogP contribution in [0.25, 0.3) is 0 Å². The van der Waals surface area contributed by atoms with E-state index >= 15 is 0 Å². The van der Waals surface area contributed by atoms with E-state index < -0.39 is 0 Å². The molecule has 0 spiro atoms. The summed E-state index contributed by atoms with van der Waals surface area (Å²) in [7, 11) is 1.82. The van der Waals surface area contributed by atoms with Gasteiger partial charge in [0.15, 0.2) is 11.0 Å². The summed E-state index contributed by atoms with van der Waals surface area (Å²) in [4.78, 5) is 24.7. The average molecular weight is 410 g/mol. The highest BCUT2D eigenvalue weighted by molar-refractivity contribution is 7.99. The van der Waals surface area contributed by atoms with Gasteiger partial charge < -0.3 is 15.2 Å². The lowest BCUT2D eigenvalue weighted by Crippen LogP contribution is -2.29. The number of aromatic nitrogens is 3. The Hall–Kier alpha value is -3.13. The molecule has 0 aliphatic carbocycles. The molecule has 3 aromatic rings. The van der Waals surface area contributed by atoms with Gasteiger partial charge in [-0.3, -0.25) is 9.59 Å². The van der Waals surface area contributed by atoms with Crippen LogP contribution in [-0.2, 0) is 11.8 Å². The summed E-state index contributed by atoms with van der Waals surface area (Å²) in [5, 5.41) is 14.8. The van der Waals surface area contributed by atoms with Gasteiger partial charge in [0.05, 0.1) is 11.8 Å². The summed E-state index contributed by atoms with van der Waals surface area (Å²) in [5.74, 6) is 0.560. The highest BCUT2D eigenvalue weighted by Gasteiger charge is 2.19. The predicted molar refractivity (Wildman–Crippen MR) is 114 cm³/mol. The fourth-order valence-electron chi connectivity index (χ4n) is 2.84. The van der Waals surface area contributed by atoms with Crippen molar-refractivity contribution < 1.29 is 9.59 Å².